The summed E-state index contributed by atoms with van der Waals surface area (Å²) in [5, 5.41) is 0. The highest BCUT2D eigenvalue weighted by molar-refractivity contribution is 5.63. The molecule has 0 aromatic heterocycles. The summed E-state index contributed by atoms with van der Waals surface area (Å²) < 4.78 is 0. The highest BCUT2D eigenvalue weighted by Crippen LogP contribution is 2.29. The van der Waals surface area contributed by atoms with Crippen molar-refractivity contribution >= 4 is 5.69 Å². The highest BCUT2D eigenvalue weighted by atomic mass is 15.1. The third kappa shape index (κ3) is 3.01. The summed E-state index contributed by atoms with van der Waals surface area (Å²) in [5.74, 6) is 0.527. The van der Waals surface area contributed by atoms with Crippen molar-refractivity contribution in [1.82, 2.24) is 0 Å². The second-order valence-corrected chi connectivity index (χ2v) is 5.33. The molecule has 2 nitrogen and oxygen atoms in total. The molecule has 0 aliphatic heterocycles. The number of aryl methyl sites for hydroxylation is 2. The van der Waals surface area contributed by atoms with Gasteiger partial charge >= 0.3 is 0 Å². The van der Waals surface area contributed by atoms with Crippen LogP contribution in [-0.4, -0.2) is 20.1 Å². The Balaban J connectivity index is 3.12. The lowest BCUT2D eigenvalue weighted by Gasteiger charge is -2.28. The molecule has 96 valence electrons. The van der Waals surface area contributed by atoms with E-state index in [2.05, 4.69) is 52.6 Å². The first-order valence-electron chi connectivity index (χ1n) is 6.37. The molecule has 1 aromatic carbocycles. The standard InChI is InChI=1S/C15H26N2/c1-10(8-16)9-17(6)15-13(4)11(2)7-12(3)14(15)5/h7,10H,8-9,16H2,1-6H3. The van der Waals surface area contributed by atoms with Gasteiger partial charge < -0.3 is 10.6 Å². The number of nitrogens with zero attached hydrogens (tertiary/aromatic N) is 1. The Bertz CT molecular complexity index is 370. The van der Waals surface area contributed by atoms with E-state index < -0.39 is 0 Å². The van der Waals surface area contributed by atoms with Crippen molar-refractivity contribution in [2.75, 3.05) is 25.0 Å². The van der Waals surface area contributed by atoms with Crippen LogP contribution < -0.4 is 10.6 Å². The second-order valence-electron chi connectivity index (χ2n) is 5.33. The van der Waals surface area contributed by atoms with Crippen molar-refractivity contribution < 1.29 is 0 Å². The van der Waals surface area contributed by atoms with Gasteiger partial charge in [-0.2, -0.15) is 0 Å². The molecular weight excluding hydrogens is 208 g/mol. The zero-order chi connectivity index (χ0) is 13.2. The normalized spacial score (nSPS) is 12.6. The van der Waals surface area contributed by atoms with Gasteiger partial charge in [0, 0.05) is 19.3 Å². The minimum atomic E-state index is 0.527. The fourth-order valence-corrected chi connectivity index (χ4v) is 2.40. The summed E-state index contributed by atoms with van der Waals surface area (Å²) in [5.41, 5.74) is 12.6. The molecule has 0 spiro atoms. The van der Waals surface area contributed by atoms with E-state index in [1.807, 2.05) is 0 Å². The number of rotatable bonds is 4. The minimum Gasteiger partial charge on any atom is -0.374 e. The van der Waals surface area contributed by atoms with Gasteiger partial charge in [0.25, 0.3) is 0 Å². The average Bonchev–Trinajstić information content (AvgIpc) is 2.26. The van der Waals surface area contributed by atoms with E-state index in [0.29, 0.717) is 5.92 Å². The molecule has 0 bridgehead atoms. The maximum Gasteiger partial charge on any atom is 0.0428 e. The maximum absolute atomic E-state index is 5.71. The summed E-state index contributed by atoms with van der Waals surface area (Å²) in [7, 11) is 2.17. The third-order valence-electron chi connectivity index (χ3n) is 3.70. The lowest BCUT2D eigenvalue weighted by Crippen LogP contribution is -2.29. The molecule has 0 fully saturated rings. The van der Waals surface area contributed by atoms with Crippen LogP contribution in [-0.2, 0) is 0 Å². The van der Waals surface area contributed by atoms with Crippen LogP contribution in [0.1, 0.15) is 29.2 Å². The maximum atomic E-state index is 5.71. The number of benzene rings is 1. The molecule has 1 unspecified atom stereocenters. The average molecular weight is 234 g/mol. The minimum absolute atomic E-state index is 0.527. The molecule has 0 aliphatic rings. The van der Waals surface area contributed by atoms with Crippen LogP contribution in [0, 0.1) is 33.6 Å². The van der Waals surface area contributed by atoms with E-state index in [1.165, 1.54) is 27.9 Å². The lowest BCUT2D eigenvalue weighted by molar-refractivity contribution is 0.589. The van der Waals surface area contributed by atoms with Gasteiger partial charge in [0.15, 0.2) is 0 Å². The van der Waals surface area contributed by atoms with Crippen LogP contribution in [0.2, 0.25) is 0 Å². The zero-order valence-corrected chi connectivity index (χ0v) is 12.1. The van der Waals surface area contributed by atoms with Crippen molar-refractivity contribution in [3.63, 3.8) is 0 Å². The summed E-state index contributed by atoms with van der Waals surface area (Å²) in [6.07, 6.45) is 0. The summed E-state index contributed by atoms with van der Waals surface area (Å²) in [4.78, 5) is 2.35. The number of hydrogen-bond donors (Lipinski definition) is 1. The molecule has 0 saturated heterocycles. The van der Waals surface area contributed by atoms with Gasteiger partial charge in [-0.05, 0) is 62.4 Å². The van der Waals surface area contributed by atoms with Crippen molar-refractivity contribution in [2.45, 2.75) is 34.6 Å². The molecule has 0 amide bonds. The molecule has 2 heteroatoms. The first-order chi connectivity index (χ1) is 7.88. The van der Waals surface area contributed by atoms with Gasteiger partial charge in [-0.1, -0.05) is 13.0 Å². The number of anilines is 1. The SMILES string of the molecule is Cc1cc(C)c(C)c(N(C)CC(C)CN)c1C. The quantitative estimate of drug-likeness (QED) is 0.868. The number of hydrogen-bond acceptors (Lipinski definition) is 2. The molecule has 17 heavy (non-hydrogen) atoms. The van der Waals surface area contributed by atoms with Crippen LogP contribution in [0.4, 0.5) is 5.69 Å². The van der Waals surface area contributed by atoms with Crippen LogP contribution in [0.15, 0.2) is 6.07 Å². The van der Waals surface area contributed by atoms with Crippen molar-refractivity contribution in [3.05, 3.63) is 28.3 Å². The summed E-state index contributed by atoms with van der Waals surface area (Å²) in [6.45, 7) is 12.7. The lowest BCUT2D eigenvalue weighted by atomic mass is 9.97. The third-order valence-corrected chi connectivity index (χ3v) is 3.70. The Morgan fingerprint density at radius 2 is 1.59 bits per heavy atom. The largest absolute Gasteiger partial charge is 0.374 e. The van der Waals surface area contributed by atoms with E-state index in [-0.39, 0.29) is 0 Å². The summed E-state index contributed by atoms with van der Waals surface area (Å²) in [6, 6.07) is 2.27. The van der Waals surface area contributed by atoms with Gasteiger partial charge in [-0.3, -0.25) is 0 Å². The van der Waals surface area contributed by atoms with Crippen LogP contribution in [0.25, 0.3) is 0 Å². The van der Waals surface area contributed by atoms with Gasteiger partial charge in [0.1, 0.15) is 0 Å². The van der Waals surface area contributed by atoms with Gasteiger partial charge in [-0.15, -0.1) is 0 Å². The van der Waals surface area contributed by atoms with Crippen molar-refractivity contribution in [3.8, 4) is 0 Å². The Labute approximate surface area is 106 Å². The molecule has 0 aliphatic carbocycles. The van der Waals surface area contributed by atoms with E-state index in [4.69, 9.17) is 5.73 Å². The molecule has 1 aromatic rings. The van der Waals surface area contributed by atoms with Gasteiger partial charge in [-0.25, -0.2) is 0 Å². The first kappa shape index (κ1) is 14.0. The molecule has 2 N–H and O–H groups in total. The molecule has 0 saturated carbocycles. The van der Waals surface area contributed by atoms with Crippen LogP contribution >= 0.6 is 0 Å². The van der Waals surface area contributed by atoms with E-state index in [9.17, 15) is 0 Å². The smallest absolute Gasteiger partial charge is 0.0428 e. The zero-order valence-electron chi connectivity index (χ0n) is 12.1. The second kappa shape index (κ2) is 5.54. The van der Waals surface area contributed by atoms with Crippen molar-refractivity contribution in [2.24, 2.45) is 11.7 Å². The fourth-order valence-electron chi connectivity index (χ4n) is 2.40. The Morgan fingerprint density at radius 1 is 1.12 bits per heavy atom. The Hall–Kier alpha value is -1.02. The summed E-state index contributed by atoms with van der Waals surface area (Å²) >= 11 is 0. The predicted octanol–water partition coefficient (Wildman–Crippen LogP) is 2.95. The molecule has 1 atom stereocenters. The number of nitrogens with two attached hydrogens (primary N) is 1. The monoisotopic (exact) mass is 234 g/mol. The van der Waals surface area contributed by atoms with E-state index >= 15 is 0 Å². The van der Waals surface area contributed by atoms with Crippen LogP contribution in [0.5, 0.6) is 0 Å². The fraction of sp³-hybridized carbons (Fsp3) is 0.600. The molecule has 0 radical (unpaired) electrons. The first-order valence-corrected chi connectivity index (χ1v) is 6.37. The molecular formula is C15H26N2. The van der Waals surface area contributed by atoms with E-state index in [1.54, 1.807) is 0 Å². The Morgan fingerprint density at radius 3 is 2.00 bits per heavy atom. The molecule has 1 rings (SSSR count). The van der Waals surface area contributed by atoms with Crippen LogP contribution in [0.3, 0.4) is 0 Å². The van der Waals surface area contributed by atoms with E-state index in [0.717, 1.165) is 13.1 Å². The highest BCUT2D eigenvalue weighted by Gasteiger charge is 2.13. The van der Waals surface area contributed by atoms with Crippen molar-refractivity contribution in [1.29, 1.82) is 0 Å². The molecule has 0 heterocycles. The van der Waals surface area contributed by atoms with Gasteiger partial charge in [0.2, 0.25) is 0 Å². The predicted molar refractivity (Wildman–Crippen MR) is 76.9 cm³/mol. The topological polar surface area (TPSA) is 29.3 Å². The van der Waals surface area contributed by atoms with Gasteiger partial charge in [0.05, 0.1) is 0 Å². The Kier molecular flexibility index (Phi) is 4.58.